The first-order valence-corrected chi connectivity index (χ1v) is 8.37. The first kappa shape index (κ1) is 21.5. The van der Waals surface area contributed by atoms with E-state index in [1.165, 1.54) is 52.5 Å². The van der Waals surface area contributed by atoms with Crippen molar-refractivity contribution in [1.29, 1.82) is 0 Å². The van der Waals surface area contributed by atoms with Crippen LogP contribution in [-0.2, 0) is 9.53 Å². The zero-order valence-electron chi connectivity index (χ0n) is 16.3. The number of nitrogens with zero attached hydrogens (tertiary/aromatic N) is 1. The second kappa shape index (κ2) is 9.40. The molecule has 2 aromatic rings. The molecule has 0 radical (unpaired) electrons. The number of amides is 1. The van der Waals surface area contributed by atoms with Crippen LogP contribution in [0.1, 0.15) is 17.3 Å². The molecule has 2 aromatic carbocycles. The van der Waals surface area contributed by atoms with Crippen LogP contribution in [0.15, 0.2) is 36.4 Å². The summed E-state index contributed by atoms with van der Waals surface area (Å²) in [6.07, 6.45) is -1.20. The van der Waals surface area contributed by atoms with E-state index in [9.17, 15) is 19.7 Å². The van der Waals surface area contributed by atoms with Gasteiger partial charge in [-0.15, -0.1) is 0 Å². The first-order chi connectivity index (χ1) is 13.8. The zero-order valence-corrected chi connectivity index (χ0v) is 16.3. The summed E-state index contributed by atoms with van der Waals surface area (Å²) in [5.41, 5.74) is -0.0359. The van der Waals surface area contributed by atoms with Crippen LogP contribution >= 0.6 is 0 Å². The van der Waals surface area contributed by atoms with E-state index in [1.807, 2.05) is 0 Å². The largest absolute Gasteiger partial charge is 0.497 e. The number of hydrogen-bond acceptors (Lipinski definition) is 8. The number of anilines is 1. The Morgan fingerprint density at radius 3 is 2.28 bits per heavy atom. The SMILES string of the molecule is COc1ccc(C(=O)O[C@H](C)C(=O)Nc2cc([N+](=O)[O-])ccc2OC)c(OC)c1. The predicted molar refractivity (Wildman–Crippen MR) is 103 cm³/mol. The summed E-state index contributed by atoms with van der Waals surface area (Å²) in [6, 6.07) is 8.26. The number of carbonyl (C=O) groups is 2. The maximum Gasteiger partial charge on any atom is 0.342 e. The number of methoxy groups -OCH3 is 3. The zero-order chi connectivity index (χ0) is 21.6. The molecule has 154 valence electrons. The number of benzene rings is 2. The Morgan fingerprint density at radius 1 is 1.00 bits per heavy atom. The molecule has 0 aromatic heterocycles. The van der Waals surface area contributed by atoms with Gasteiger partial charge in [-0.25, -0.2) is 4.79 Å². The highest BCUT2D eigenvalue weighted by Gasteiger charge is 2.23. The van der Waals surface area contributed by atoms with Crippen molar-refractivity contribution in [3.63, 3.8) is 0 Å². The summed E-state index contributed by atoms with van der Waals surface area (Å²) in [6.45, 7) is 1.37. The number of nitro benzene ring substituents is 1. The highest BCUT2D eigenvalue weighted by Crippen LogP contribution is 2.29. The number of non-ortho nitro benzene ring substituents is 1. The van der Waals surface area contributed by atoms with Crippen molar-refractivity contribution in [3.05, 3.63) is 52.1 Å². The van der Waals surface area contributed by atoms with Crippen molar-refractivity contribution in [2.45, 2.75) is 13.0 Å². The number of nitrogens with one attached hydrogen (secondary N) is 1. The molecular weight excluding hydrogens is 384 g/mol. The fraction of sp³-hybridized carbons (Fsp3) is 0.263. The maximum atomic E-state index is 12.4. The van der Waals surface area contributed by atoms with Crippen LogP contribution < -0.4 is 19.5 Å². The molecule has 0 fully saturated rings. The van der Waals surface area contributed by atoms with Gasteiger partial charge in [0, 0.05) is 18.2 Å². The lowest BCUT2D eigenvalue weighted by Gasteiger charge is -2.16. The Balaban J connectivity index is 2.14. The maximum absolute atomic E-state index is 12.4. The van der Waals surface area contributed by atoms with Gasteiger partial charge in [-0.3, -0.25) is 14.9 Å². The summed E-state index contributed by atoms with van der Waals surface area (Å²) < 4.78 is 20.5. The Labute approximate surface area is 166 Å². The van der Waals surface area contributed by atoms with Crippen molar-refractivity contribution in [2.24, 2.45) is 0 Å². The Hall–Kier alpha value is -3.82. The molecule has 1 N–H and O–H groups in total. The number of rotatable bonds is 8. The number of esters is 1. The van der Waals surface area contributed by atoms with Gasteiger partial charge < -0.3 is 24.3 Å². The lowest BCUT2D eigenvalue weighted by molar-refractivity contribution is -0.384. The molecule has 2 rings (SSSR count). The molecule has 0 aliphatic rings. The minimum absolute atomic E-state index is 0.0802. The van der Waals surface area contributed by atoms with E-state index in [1.54, 1.807) is 6.07 Å². The molecular formula is C19H20N2O8. The average Bonchev–Trinajstić information content (AvgIpc) is 2.72. The van der Waals surface area contributed by atoms with Crippen molar-refractivity contribution in [1.82, 2.24) is 0 Å². The summed E-state index contributed by atoms with van der Waals surface area (Å²) in [5.74, 6) is -0.536. The van der Waals surface area contributed by atoms with E-state index in [4.69, 9.17) is 18.9 Å². The Bertz CT molecular complexity index is 928. The third kappa shape index (κ3) is 5.12. The van der Waals surface area contributed by atoms with Crippen molar-refractivity contribution < 1.29 is 33.5 Å². The van der Waals surface area contributed by atoms with Gasteiger partial charge >= 0.3 is 5.97 Å². The molecule has 0 aliphatic heterocycles. The second-order valence-corrected chi connectivity index (χ2v) is 5.74. The molecule has 1 amide bonds. The normalized spacial score (nSPS) is 11.2. The minimum Gasteiger partial charge on any atom is -0.497 e. The fourth-order valence-electron chi connectivity index (χ4n) is 2.39. The molecule has 0 unspecified atom stereocenters. The standard InChI is InChI=1S/C19H20N2O8/c1-11(29-19(23)14-7-6-13(26-2)10-17(14)28-4)18(22)20-15-9-12(21(24)25)5-8-16(15)27-3/h5-11H,1-4H3,(H,20,22)/t11-/m1/s1. The molecule has 0 bridgehead atoms. The van der Waals surface area contributed by atoms with Gasteiger partial charge in [0.05, 0.1) is 31.9 Å². The molecule has 0 heterocycles. The number of hydrogen-bond donors (Lipinski definition) is 1. The van der Waals surface area contributed by atoms with Crippen molar-refractivity contribution in [2.75, 3.05) is 26.6 Å². The number of nitro groups is 1. The van der Waals surface area contributed by atoms with E-state index in [-0.39, 0.29) is 28.4 Å². The van der Waals surface area contributed by atoms with Crippen LogP contribution in [0.3, 0.4) is 0 Å². The molecule has 0 spiro atoms. The van der Waals surface area contributed by atoms with E-state index in [0.29, 0.717) is 5.75 Å². The third-order valence-corrected chi connectivity index (χ3v) is 3.93. The highest BCUT2D eigenvalue weighted by molar-refractivity contribution is 5.99. The molecule has 10 nitrogen and oxygen atoms in total. The fourth-order valence-corrected chi connectivity index (χ4v) is 2.39. The van der Waals surface area contributed by atoms with E-state index < -0.39 is 22.9 Å². The summed E-state index contributed by atoms with van der Waals surface area (Å²) >= 11 is 0. The van der Waals surface area contributed by atoms with Crippen molar-refractivity contribution in [3.8, 4) is 17.2 Å². The van der Waals surface area contributed by atoms with Crippen LogP contribution in [0.25, 0.3) is 0 Å². The van der Waals surface area contributed by atoms with Gasteiger partial charge in [-0.05, 0) is 25.1 Å². The van der Waals surface area contributed by atoms with Gasteiger partial charge in [-0.2, -0.15) is 0 Å². The quantitative estimate of drug-likeness (QED) is 0.404. The average molecular weight is 404 g/mol. The molecule has 0 saturated carbocycles. The minimum atomic E-state index is -1.20. The van der Waals surface area contributed by atoms with Gasteiger partial charge in [0.1, 0.15) is 22.8 Å². The molecule has 0 aliphatic carbocycles. The lowest BCUT2D eigenvalue weighted by atomic mass is 10.2. The highest BCUT2D eigenvalue weighted by atomic mass is 16.6. The van der Waals surface area contributed by atoms with E-state index in [2.05, 4.69) is 5.32 Å². The van der Waals surface area contributed by atoms with Gasteiger partial charge in [0.15, 0.2) is 6.10 Å². The predicted octanol–water partition coefficient (Wildman–Crippen LogP) is 2.80. The number of ether oxygens (including phenoxy) is 4. The van der Waals surface area contributed by atoms with Crippen molar-refractivity contribution >= 4 is 23.3 Å². The van der Waals surface area contributed by atoms with E-state index in [0.717, 1.165) is 6.07 Å². The second-order valence-electron chi connectivity index (χ2n) is 5.74. The van der Waals surface area contributed by atoms with Gasteiger partial charge in [-0.1, -0.05) is 0 Å². The number of carbonyl (C=O) groups excluding carboxylic acids is 2. The Morgan fingerprint density at radius 2 is 1.69 bits per heavy atom. The molecule has 29 heavy (non-hydrogen) atoms. The van der Waals surface area contributed by atoms with Crippen LogP contribution in [0.5, 0.6) is 17.2 Å². The third-order valence-electron chi connectivity index (χ3n) is 3.93. The Kier molecular flexibility index (Phi) is 6.96. The lowest BCUT2D eigenvalue weighted by Crippen LogP contribution is -2.30. The summed E-state index contributed by atoms with van der Waals surface area (Å²) in [7, 11) is 4.22. The van der Waals surface area contributed by atoms with Crippen LogP contribution in [-0.4, -0.2) is 44.2 Å². The first-order valence-electron chi connectivity index (χ1n) is 8.37. The summed E-state index contributed by atoms with van der Waals surface area (Å²) in [5, 5.41) is 13.4. The topological polar surface area (TPSA) is 126 Å². The molecule has 1 atom stereocenters. The van der Waals surface area contributed by atoms with Gasteiger partial charge in [0.2, 0.25) is 0 Å². The van der Waals surface area contributed by atoms with Crippen LogP contribution in [0.4, 0.5) is 11.4 Å². The monoisotopic (exact) mass is 404 g/mol. The van der Waals surface area contributed by atoms with Gasteiger partial charge in [0.25, 0.3) is 11.6 Å². The summed E-state index contributed by atoms with van der Waals surface area (Å²) in [4.78, 5) is 35.2. The smallest absolute Gasteiger partial charge is 0.342 e. The molecule has 10 heteroatoms. The van der Waals surface area contributed by atoms with Crippen LogP contribution in [0.2, 0.25) is 0 Å². The molecule has 0 saturated heterocycles. The van der Waals surface area contributed by atoms with E-state index >= 15 is 0 Å². The van der Waals surface area contributed by atoms with Crippen LogP contribution in [0, 0.1) is 10.1 Å².